The zero-order valence-corrected chi connectivity index (χ0v) is 12.4. The molecular formula is C15H14Cl2FNO. The van der Waals surface area contributed by atoms with Gasteiger partial charge in [-0.2, -0.15) is 0 Å². The molecule has 0 saturated carbocycles. The molecule has 5 heteroatoms. The van der Waals surface area contributed by atoms with E-state index >= 15 is 0 Å². The molecule has 0 fully saturated rings. The van der Waals surface area contributed by atoms with E-state index in [2.05, 4.69) is 0 Å². The second-order valence-electron chi connectivity index (χ2n) is 4.41. The zero-order chi connectivity index (χ0) is 14.7. The highest BCUT2D eigenvalue weighted by Crippen LogP contribution is 2.31. The molecule has 20 heavy (non-hydrogen) atoms. The van der Waals surface area contributed by atoms with E-state index in [0.717, 1.165) is 5.56 Å². The van der Waals surface area contributed by atoms with E-state index in [0.29, 0.717) is 22.8 Å². The maximum Gasteiger partial charge on any atom is 0.142 e. The van der Waals surface area contributed by atoms with Crippen LogP contribution in [0.3, 0.4) is 0 Å². The van der Waals surface area contributed by atoms with E-state index in [-0.39, 0.29) is 11.1 Å². The van der Waals surface area contributed by atoms with Crippen LogP contribution in [0.4, 0.5) is 4.39 Å². The van der Waals surface area contributed by atoms with Gasteiger partial charge in [-0.1, -0.05) is 41.4 Å². The normalized spacial score (nSPS) is 12.2. The number of nitrogens with two attached hydrogens (primary N) is 1. The van der Waals surface area contributed by atoms with Gasteiger partial charge in [0.2, 0.25) is 0 Å². The molecule has 0 aliphatic carbocycles. The molecule has 0 saturated heterocycles. The third-order valence-corrected chi connectivity index (χ3v) is 3.72. The Balaban J connectivity index is 2.28. The summed E-state index contributed by atoms with van der Waals surface area (Å²) in [6, 6.07) is 9.58. The molecule has 2 aromatic rings. The third kappa shape index (κ3) is 3.23. The lowest BCUT2D eigenvalue weighted by Crippen LogP contribution is -2.15. The third-order valence-electron chi connectivity index (χ3n) is 3.07. The molecule has 0 aromatic heterocycles. The predicted molar refractivity (Wildman–Crippen MR) is 80.0 cm³/mol. The molecule has 2 aromatic carbocycles. The summed E-state index contributed by atoms with van der Waals surface area (Å²) in [4.78, 5) is 0. The highest BCUT2D eigenvalue weighted by atomic mass is 35.5. The average Bonchev–Trinajstić information content (AvgIpc) is 2.43. The molecule has 0 radical (unpaired) electrons. The molecular weight excluding hydrogens is 300 g/mol. The van der Waals surface area contributed by atoms with Crippen LogP contribution in [0.15, 0.2) is 36.4 Å². The maximum absolute atomic E-state index is 13.4. The van der Waals surface area contributed by atoms with E-state index in [1.165, 1.54) is 6.07 Å². The molecule has 2 N–H and O–H groups in total. The van der Waals surface area contributed by atoms with Crippen LogP contribution in [0, 0.1) is 5.82 Å². The maximum atomic E-state index is 13.4. The van der Waals surface area contributed by atoms with Gasteiger partial charge in [0.05, 0.1) is 12.1 Å². The lowest BCUT2D eigenvalue weighted by Gasteiger charge is -2.17. The largest absolute Gasteiger partial charge is 0.496 e. The van der Waals surface area contributed by atoms with Crippen LogP contribution < -0.4 is 10.5 Å². The van der Waals surface area contributed by atoms with Crippen molar-refractivity contribution in [3.63, 3.8) is 0 Å². The van der Waals surface area contributed by atoms with Crippen molar-refractivity contribution in [3.8, 4) is 5.75 Å². The van der Waals surface area contributed by atoms with Crippen LogP contribution in [-0.2, 0) is 6.42 Å². The zero-order valence-electron chi connectivity index (χ0n) is 10.9. The van der Waals surface area contributed by atoms with Crippen LogP contribution in [0.25, 0.3) is 0 Å². The second kappa shape index (κ2) is 6.44. The SMILES string of the molecule is COc1cc(Cl)ccc1C(N)Cc1cccc(F)c1Cl. The summed E-state index contributed by atoms with van der Waals surface area (Å²) in [5, 5.41) is 0.678. The fourth-order valence-electron chi connectivity index (χ4n) is 2.04. The Kier molecular flexibility index (Phi) is 4.86. The van der Waals surface area contributed by atoms with Crippen LogP contribution in [-0.4, -0.2) is 7.11 Å². The first-order valence-electron chi connectivity index (χ1n) is 6.05. The monoisotopic (exact) mass is 313 g/mol. The molecule has 1 unspecified atom stereocenters. The molecule has 0 aliphatic heterocycles. The second-order valence-corrected chi connectivity index (χ2v) is 5.22. The summed E-state index contributed by atoms with van der Waals surface area (Å²) >= 11 is 11.9. The fraction of sp³-hybridized carbons (Fsp3) is 0.200. The van der Waals surface area contributed by atoms with Crippen LogP contribution in [0.5, 0.6) is 5.75 Å². The molecule has 0 spiro atoms. The number of benzene rings is 2. The number of ether oxygens (including phenoxy) is 1. The average molecular weight is 314 g/mol. The van der Waals surface area contributed by atoms with Gasteiger partial charge in [-0.3, -0.25) is 0 Å². The number of hydrogen-bond acceptors (Lipinski definition) is 2. The lowest BCUT2D eigenvalue weighted by molar-refractivity contribution is 0.405. The Morgan fingerprint density at radius 1 is 1.25 bits per heavy atom. The van der Waals surface area contributed by atoms with E-state index in [1.54, 1.807) is 37.4 Å². The smallest absolute Gasteiger partial charge is 0.142 e. The van der Waals surface area contributed by atoms with Crippen molar-refractivity contribution in [3.05, 3.63) is 63.4 Å². The highest BCUT2D eigenvalue weighted by Gasteiger charge is 2.15. The van der Waals surface area contributed by atoms with Gasteiger partial charge in [-0.05, 0) is 30.2 Å². The van der Waals surface area contributed by atoms with Gasteiger partial charge in [-0.15, -0.1) is 0 Å². The molecule has 0 amide bonds. The first kappa shape index (κ1) is 15.1. The number of hydrogen-bond donors (Lipinski definition) is 1. The van der Waals surface area contributed by atoms with Crippen LogP contribution in [0.1, 0.15) is 17.2 Å². The van der Waals surface area contributed by atoms with Crippen LogP contribution in [0.2, 0.25) is 10.0 Å². The number of halogens is 3. The topological polar surface area (TPSA) is 35.2 Å². The van der Waals surface area contributed by atoms with Crippen molar-refractivity contribution >= 4 is 23.2 Å². The summed E-state index contributed by atoms with van der Waals surface area (Å²) < 4.78 is 18.7. The summed E-state index contributed by atoms with van der Waals surface area (Å²) in [7, 11) is 1.55. The number of rotatable bonds is 4. The van der Waals surface area contributed by atoms with Gasteiger partial charge in [0.15, 0.2) is 0 Å². The van der Waals surface area contributed by atoms with Gasteiger partial charge >= 0.3 is 0 Å². The van der Waals surface area contributed by atoms with Gasteiger partial charge < -0.3 is 10.5 Å². The predicted octanol–water partition coefficient (Wildman–Crippen LogP) is 4.38. The highest BCUT2D eigenvalue weighted by molar-refractivity contribution is 6.31. The Morgan fingerprint density at radius 3 is 2.70 bits per heavy atom. The quantitative estimate of drug-likeness (QED) is 0.909. The van der Waals surface area contributed by atoms with E-state index in [9.17, 15) is 4.39 Å². The fourth-order valence-corrected chi connectivity index (χ4v) is 2.41. The summed E-state index contributed by atoms with van der Waals surface area (Å²) in [6.07, 6.45) is 0.411. The van der Waals surface area contributed by atoms with Crippen molar-refractivity contribution in [1.82, 2.24) is 0 Å². The minimum atomic E-state index is -0.445. The minimum Gasteiger partial charge on any atom is -0.496 e. The lowest BCUT2D eigenvalue weighted by atomic mass is 9.99. The van der Waals surface area contributed by atoms with Crippen molar-refractivity contribution in [2.24, 2.45) is 5.73 Å². The molecule has 0 aliphatic rings. The number of methoxy groups -OCH3 is 1. The first-order valence-corrected chi connectivity index (χ1v) is 6.80. The Morgan fingerprint density at radius 2 is 2.00 bits per heavy atom. The van der Waals surface area contributed by atoms with Crippen LogP contribution >= 0.6 is 23.2 Å². The van der Waals surface area contributed by atoms with Crippen molar-refractivity contribution in [2.75, 3.05) is 7.11 Å². The molecule has 0 bridgehead atoms. The molecule has 106 valence electrons. The van der Waals surface area contributed by atoms with Gasteiger partial charge in [0.25, 0.3) is 0 Å². The standard InChI is InChI=1S/C15H14Cl2FNO/c1-20-14-8-10(16)5-6-11(14)13(19)7-9-3-2-4-12(18)15(9)17/h2-6,8,13H,7,19H2,1H3. The molecule has 1 atom stereocenters. The Bertz CT molecular complexity index is 619. The van der Waals surface area contributed by atoms with Gasteiger partial charge in [-0.25, -0.2) is 4.39 Å². The van der Waals surface area contributed by atoms with Gasteiger partial charge in [0.1, 0.15) is 11.6 Å². The molecule has 0 heterocycles. The summed E-state index contributed by atoms with van der Waals surface area (Å²) in [5.74, 6) is 0.164. The molecule has 2 nitrogen and oxygen atoms in total. The van der Waals surface area contributed by atoms with Crippen molar-refractivity contribution < 1.29 is 9.13 Å². The van der Waals surface area contributed by atoms with Crippen molar-refractivity contribution in [2.45, 2.75) is 12.5 Å². The van der Waals surface area contributed by atoms with Gasteiger partial charge in [0, 0.05) is 16.6 Å². The first-order chi connectivity index (χ1) is 9.52. The van der Waals surface area contributed by atoms with E-state index in [1.807, 2.05) is 0 Å². The van der Waals surface area contributed by atoms with E-state index in [4.69, 9.17) is 33.7 Å². The summed E-state index contributed by atoms with van der Waals surface area (Å²) in [6.45, 7) is 0. The Hall–Kier alpha value is -1.29. The Labute approximate surface area is 127 Å². The summed E-state index contributed by atoms with van der Waals surface area (Å²) in [5.41, 5.74) is 7.63. The molecule has 2 rings (SSSR count). The van der Waals surface area contributed by atoms with E-state index < -0.39 is 5.82 Å². The van der Waals surface area contributed by atoms with Crippen molar-refractivity contribution in [1.29, 1.82) is 0 Å². The minimum absolute atomic E-state index is 0.107.